The van der Waals surface area contributed by atoms with Gasteiger partial charge in [0.2, 0.25) is 5.91 Å². The first-order valence-electron chi connectivity index (χ1n) is 9.35. The van der Waals surface area contributed by atoms with E-state index in [1.54, 1.807) is 0 Å². The number of nitrogens with one attached hydrogen (secondary N) is 1. The van der Waals surface area contributed by atoms with Gasteiger partial charge in [-0.25, -0.2) is 0 Å². The second kappa shape index (κ2) is 10.2. The summed E-state index contributed by atoms with van der Waals surface area (Å²) in [5, 5.41) is 12.4. The molecule has 0 saturated carbocycles. The average Bonchev–Trinajstić information content (AvgIpc) is 3.06. The maximum absolute atomic E-state index is 13.0. The molecule has 1 aromatic heterocycles. The number of nitrogens with zero attached hydrogens (tertiary/aromatic N) is 4. The zero-order valence-corrected chi connectivity index (χ0v) is 17.5. The number of amides is 1. The Hall–Kier alpha value is -0.500. The van der Waals surface area contributed by atoms with Gasteiger partial charge < -0.3 is 14.8 Å². The van der Waals surface area contributed by atoms with Crippen molar-refractivity contribution in [1.29, 1.82) is 0 Å². The molecule has 0 aliphatic carbocycles. The van der Waals surface area contributed by atoms with Gasteiger partial charge in [-0.1, -0.05) is 0 Å². The van der Waals surface area contributed by atoms with Crippen molar-refractivity contribution in [3.63, 3.8) is 0 Å². The molecular weight excluding hydrogens is 393 g/mol. The van der Waals surface area contributed by atoms with E-state index in [9.17, 15) is 4.79 Å². The summed E-state index contributed by atoms with van der Waals surface area (Å²) in [6.45, 7) is 2.90. The molecule has 2 saturated heterocycles. The monoisotopic (exact) mass is 421 g/mol. The van der Waals surface area contributed by atoms with Crippen LogP contribution in [-0.4, -0.2) is 56.2 Å². The molecule has 3 aliphatic heterocycles. The van der Waals surface area contributed by atoms with Crippen molar-refractivity contribution in [1.82, 2.24) is 25.0 Å². The largest absolute Gasteiger partial charge is 0.332 e. The molecule has 0 bridgehead atoms. The Morgan fingerprint density at radius 3 is 2.81 bits per heavy atom. The highest BCUT2D eigenvalue weighted by molar-refractivity contribution is 7.99. The molecule has 9 heteroatoms. The zero-order valence-electron chi connectivity index (χ0n) is 15.1. The van der Waals surface area contributed by atoms with Crippen molar-refractivity contribution in [2.24, 2.45) is 0 Å². The van der Waals surface area contributed by atoms with Crippen molar-refractivity contribution in [3.8, 4) is 0 Å². The second-order valence-corrected chi connectivity index (χ2v) is 8.26. The Labute approximate surface area is 172 Å². The summed E-state index contributed by atoms with van der Waals surface area (Å²) < 4.78 is 2.29. The third-order valence-electron chi connectivity index (χ3n) is 5.43. The van der Waals surface area contributed by atoms with Gasteiger partial charge in [0.05, 0.1) is 6.04 Å². The highest BCUT2D eigenvalue weighted by Gasteiger charge is 2.33. The van der Waals surface area contributed by atoms with E-state index in [2.05, 4.69) is 25.0 Å². The number of aryl methyl sites for hydroxylation is 1. The highest BCUT2D eigenvalue weighted by Crippen LogP contribution is 2.32. The number of piperidine rings is 1. The Kier molecular flexibility index (Phi) is 8.51. The summed E-state index contributed by atoms with van der Waals surface area (Å²) in [5.74, 6) is 4.63. The fourth-order valence-corrected chi connectivity index (χ4v) is 5.10. The smallest absolute Gasteiger partial charge is 0.224 e. The van der Waals surface area contributed by atoms with Crippen LogP contribution in [-0.2, 0) is 17.8 Å². The van der Waals surface area contributed by atoms with E-state index in [0.29, 0.717) is 12.5 Å². The summed E-state index contributed by atoms with van der Waals surface area (Å²) in [6, 6.07) is 0.452. The predicted molar refractivity (Wildman–Crippen MR) is 109 cm³/mol. The van der Waals surface area contributed by atoms with Crippen LogP contribution in [0.2, 0.25) is 0 Å². The molecule has 6 nitrogen and oxygen atoms in total. The van der Waals surface area contributed by atoms with E-state index in [0.717, 1.165) is 62.1 Å². The minimum atomic E-state index is 0. The van der Waals surface area contributed by atoms with E-state index in [1.165, 1.54) is 19.3 Å². The van der Waals surface area contributed by atoms with E-state index < -0.39 is 0 Å². The molecule has 0 radical (unpaired) electrons. The third-order valence-corrected chi connectivity index (χ3v) is 6.56. The molecule has 4 rings (SSSR count). The lowest BCUT2D eigenvalue weighted by Crippen LogP contribution is -2.45. The fraction of sp³-hybridized carbons (Fsp3) is 0.824. The number of aromatic nitrogens is 3. The molecule has 1 aromatic rings. The predicted octanol–water partition coefficient (Wildman–Crippen LogP) is 2.61. The van der Waals surface area contributed by atoms with Crippen LogP contribution in [0.3, 0.4) is 0 Å². The molecular formula is C17H29Cl2N5OS. The van der Waals surface area contributed by atoms with Crippen LogP contribution >= 0.6 is 36.6 Å². The topological polar surface area (TPSA) is 63.1 Å². The molecule has 26 heavy (non-hydrogen) atoms. The van der Waals surface area contributed by atoms with E-state index in [-0.39, 0.29) is 36.8 Å². The van der Waals surface area contributed by atoms with Gasteiger partial charge in [-0.15, -0.1) is 35.0 Å². The number of hydrogen-bond acceptors (Lipinski definition) is 5. The van der Waals surface area contributed by atoms with Crippen LogP contribution in [0, 0.1) is 0 Å². The van der Waals surface area contributed by atoms with Crippen LogP contribution in [0.5, 0.6) is 0 Å². The van der Waals surface area contributed by atoms with E-state index >= 15 is 0 Å². The van der Waals surface area contributed by atoms with Gasteiger partial charge in [-0.05, 0) is 32.1 Å². The minimum absolute atomic E-state index is 0. The van der Waals surface area contributed by atoms with Gasteiger partial charge in [0.1, 0.15) is 5.82 Å². The first-order valence-corrected chi connectivity index (χ1v) is 10.5. The Morgan fingerprint density at radius 1 is 1.15 bits per heavy atom. The summed E-state index contributed by atoms with van der Waals surface area (Å²) in [6.07, 6.45) is 7.35. The van der Waals surface area contributed by atoms with Crippen LogP contribution < -0.4 is 5.32 Å². The molecule has 148 valence electrons. The average molecular weight is 422 g/mol. The summed E-state index contributed by atoms with van der Waals surface area (Å²) >= 11 is 1.95. The zero-order chi connectivity index (χ0) is 16.4. The van der Waals surface area contributed by atoms with Crippen molar-refractivity contribution in [3.05, 3.63) is 11.6 Å². The van der Waals surface area contributed by atoms with Gasteiger partial charge in [-0.3, -0.25) is 4.79 Å². The number of thioether (sulfide) groups is 1. The van der Waals surface area contributed by atoms with Gasteiger partial charge in [-0.2, -0.15) is 11.8 Å². The van der Waals surface area contributed by atoms with Crippen LogP contribution in [0.1, 0.15) is 56.2 Å². The maximum atomic E-state index is 13.0. The quantitative estimate of drug-likeness (QED) is 0.812. The number of fused-ring (bicyclic) bond motifs is 1. The van der Waals surface area contributed by atoms with E-state index in [1.807, 2.05) is 11.8 Å². The van der Waals surface area contributed by atoms with Gasteiger partial charge in [0.25, 0.3) is 0 Å². The van der Waals surface area contributed by atoms with Crippen molar-refractivity contribution >= 4 is 42.5 Å². The lowest BCUT2D eigenvalue weighted by Gasteiger charge is -2.37. The Morgan fingerprint density at radius 2 is 2.00 bits per heavy atom. The standard InChI is InChI=1S/C17H27N5OS.2ClH/c23-16(11-13-12-24-10-7-18-13)21-8-3-1-5-14(21)17-20-19-15-6-2-4-9-22(15)17;;/h13-14,18H,1-12H2;2*1H. The fourth-order valence-electron chi connectivity index (χ4n) is 4.15. The summed E-state index contributed by atoms with van der Waals surface area (Å²) in [4.78, 5) is 15.1. The first kappa shape index (κ1) is 21.8. The van der Waals surface area contributed by atoms with Crippen molar-refractivity contribution in [2.75, 3.05) is 24.6 Å². The number of carbonyl (C=O) groups excluding carboxylic acids is 1. The molecule has 2 fully saturated rings. The minimum Gasteiger partial charge on any atom is -0.332 e. The number of likely N-dealkylation sites (tertiary alicyclic amines) is 1. The molecule has 4 heterocycles. The SMILES string of the molecule is Cl.Cl.O=C(CC1CSCCN1)N1CCCCC1c1nnc2n1CCCC2. The van der Waals surface area contributed by atoms with E-state index in [4.69, 9.17) is 0 Å². The van der Waals surface area contributed by atoms with Gasteiger partial charge in [0, 0.05) is 50.0 Å². The molecule has 0 spiro atoms. The lowest BCUT2D eigenvalue weighted by molar-refractivity contribution is -0.135. The third kappa shape index (κ3) is 4.66. The molecule has 2 atom stereocenters. The van der Waals surface area contributed by atoms with Crippen LogP contribution in [0.15, 0.2) is 0 Å². The number of halogens is 2. The normalized spacial score (nSPS) is 25.6. The lowest BCUT2D eigenvalue weighted by atomic mass is 9.99. The van der Waals surface area contributed by atoms with Crippen molar-refractivity contribution < 1.29 is 4.79 Å². The maximum Gasteiger partial charge on any atom is 0.224 e. The number of rotatable bonds is 3. The Balaban J connectivity index is 0.00000121. The molecule has 3 aliphatic rings. The number of hydrogen-bond donors (Lipinski definition) is 1. The van der Waals surface area contributed by atoms with Gasteiger partial charge >= 0.3 is 0 Å². The van der Waals surface area contributed by atoms with Crippen molar-refractivity contribution in [2.45, 2.75) is 63.6 Å². The Bertz CT molecular complexity index is 594. The molecule has 1 N–H and O–H groups in total. The number of carbonyl (C=O) groups is 1. The van der Waals surface area contributed by atoms with Crippen LogP contribution in [0.25, 0.3) is 0 Å². The molecule has 0 aromatic carbocycles. The molecule has 1 amide bonds. The highest BCUT2D eigenvalue weighted by atomic mass is 35.5. The van der Waals surface area contributed by atoms with Crippen LogP contribution in [0.4, 0.5) is 0 Å². The first-order chi connectivity index (χ1) is 11.8. The molecule has 2 unspecified atom stereocenters. The van der Waals surface area contributed by atoms with Gasteiger partial charge in [0.15, 0.2) is 5.82 Å². The summed E-state index contributed by atoms with van der Waals surface area (Å²) in [5.41, 5.74) is 0. The summed E-state index contributed by atoms with van der Waals surface area (Å²) in [7, 11) is 0. The second-order valence-electron chi connectivity index (χ2n) is 7.11.